The Morgan fingerprint density at radius 1 is 1.21 bits per heavy atom. The standard InChI is InChI=1S/C26H34FNO/c1-7-20-22(19-10-11-19)14-21(25-15(3)9-12-23(27)18(25)6)17(5)26(20)24(28)13-16(4)29-8-2/h9,12,14,19,24H,4,7-8,10-11,13,28H2,1-3,5-6H3/t24-/m0/s1. The Bertz CT molecular complexity index is 927. The fourth-order valence-corrected chi connectivity index (χ4v) is 4.64. The molecule has 156 valence electrons. The Balaban J connectivity index is 2.23. The van der Waals surface area contributed by atoms with Crippen molar-refractivity contribution in [3.05, 3.63) is 69.7 Å². The van der Waals surface area contributed by atoms with Crippen LogP contribution in [0.2, 0.25) is 0 Å². The quantitative estimate of drug-likeness (QED) is 0.499. The predicted octanol–water partition coefficient (Wildman–Crippen LogP) is 6.80. The molecule has 29 heavy (non-hydrogen) atoms. The van der Waals surface area contributed by atoms with E-state index < -0.39 is 0 Å². The molecule has 1 saturated carbocycles. The second kappa shape index (κ2) is 8.71. The maximum atomic E-state index is 14.5. The van der Waals surface area contributed by atoms with Gasteiger partial charge in [-0.25, -0.2) is 4.39 Å². The molecule has 0 radical (unpaired) electrons. The van der Waals surface area contributed by atoms with Crippen LogP contribution in [0.1, 0.15) is 78.5 Å². The summed E-state index contributed by atoms with van der Waals surface area (Å²) in [6.07, 6.45) is 3.97. The first kappa shape index (κ1) is 21.6. The van der Waals surface area contributed by atoms with E-state index in [1.54, 1.807) is 6.07 Å². The summed E-state index contributed by atoms with van der Waals surface area (Å²) in [5, 5.41) is 0. The van der Waals surface area contributed by atoms with Gasteiger partial charge in [0, 0.05) is 12.5 Å². The van der Waals surface area contributed by atoms with Crippen molar-refractivity contribution in [1.29, 1.82) is 0 Å². The molecule has 0 unspecified atom stereocenters. The molecular formula is C26H34FNO. The zero-order chi connectivity index (χ0) is 21.3. The number of rotatable bonds is 8. The van der Waals surface area contributed by atoms with E-state index in [9.17, 15) is 4.39 Å². The molecule has 1 aliphatic carbocycles. The summed E-state index contributed by atoms with van der Waals surface area (Å²) in [7, 11) is 0. The molecule has 2 N–H and O–H groups in total. The van der Waals surface area contributed by atoms with Gasteiger partial charge in [-0.3, -0.25) is 0 Å². The summed E-state index contributed by atoms with van der Waals surface area (Å²) < 4.78 is 20.0. The van der Waals surface area contributed by atoms with Crippen molar-refractivity contribution in [2.75, 3.05) is 6.61 Å². The van der Waals surface area contributed by atoms with Gasteiger partial charge in [0.1, 0.15) is 5.82 Å². The lowest BCUT2D eigenvalue weighted by Crippen LogP contribution is -2.18. The van der Waals surface area contributed by atoms with Gasteiger partial charge >= 0.3 is 0 Å². The van der Waals surface area contributed by atoms with Gasteiger partial charge < -0.3 is 10.5 Å². The third-order valence-corrected chi connectivity index (χ3v) is 6.20. The van der Waals surface area contributed by atoms with Crippen LogP contribution >= 0.6 is 0 Å². The molecule has 0 bridgehead atoms. The van der Waals surface area contributed by atoms with Crippen molar-refractivity contribution in [3.8, 4) is 11.1 Å². The Morgan fingerprint density at radius 3 is 2.48 bits per heavy atom. The molecule has 0 heterocycles. The number of hydrogen-bond acceptors (Lipinski definition) is 2. The minimum Gasteiger partial charge on any atom is -0.499 e. The van der Waals surface area contributed by atoms with Gasteiger partial charge in [0.05, 0.1) is 12.4 Å². The smallest absolute Gasteiger partial charge is 0.126 e. The summed E-state index contributed by atoms with van der Waals surface area (Å²) in [5.74, 6) is 1.16. The molecule has 2 aromatic carbocycles. The van der Waals surface area contributed by atoms with Gasteiger partial charge in [0.25, 0.3) is 0 Å². The normalized spacial score (nSPS) is 14.7. The monoisotopic (exact) mass is 395 g/mol. The highest BCUT2D eigenvalue weighted by Crippen LogP contribution is 2.47. The maximum Gasteiger partial charge on any atom is 0.126 e. The third kappa shape index (κ3) is 4.25. The summed E-state index contributed by atoms with van der Waals surface area (Å²) in [5.41, 5.74) is 15.7. The lowest BCUT2D eigenvalue weighted by molar-refractivity contribution is 0.215. The van der Waals surface area contributed by atoms with Gasteiger partial charge in [-0.1, -0.05) is 25.6 Å². The molecule has 3 rings (SSSR count). The highest BCUT2D eigenvalue weighted by Gasteiger charge is 2.30. The largest absolute Gasteiger partial charge is 0.499 e. The Hall–Kier alpha value is -2.13. The van der Waals surface area contributed by atoms with Crippen molar-refractivity contribution in [1.82, 2.24) is 0 Å². The fraction of sp³-hybridized carbons (Fsp3) is 0.462. The average Bonchev–Trinajstić information content (AvgIpc) is 3.50. The van der Waals surface area contributed by atoms with E-state index in [-0.39, 0.29) is 11.9 Å². The first-order chi connectivity index (χ1) is 13.8. The molecule has 0 aliphatic heterocycles. The highest BCUT2D eigenvalue weighted by atomic mass is 19.1. The second-order valence-electron chi connectivity index (χ2n) is 8.30. The molecular weight excluding hydrogens is 361 g/mol. The van der Waals surface area contributed by atoms with E-state index in [4.69, 9.17) is 10.5 Å². The molecule has 0 saturated heterocycles. The number of benzene rings is 2. The maximum absolute atomic E-state index is 14.5. The van der Waals surface area contributed by atoms with E-state index >= 15 is 0 Å². The topological polar surface area (TPSA) is 35.2 Å². The van der Waals surface area contributed by atoms with E-state index in [0.717, 1.165) is 34.4 Å². The van der Waals surface area contributed by atoms with Crippen LogP contribution < -0.4 is 5.73 Å². The Kier molecular flexibility index (Phi) is 6.48. The first-order valence-electron chi connectivity index (χ1n) is 10.8. The summed E-state index contributed by atoms with van der Waals surface area (Å²) >= 11 is 0. The number of halogens is 1. The molecule has 3 heteroatoms. The van der Waals surface area contributed by atoms with E-state index in [1.807, 2.05) is 19.9 Å². The van der Waals surface area contributed by atoms with Crippen LogP contribution in [0.4, 0.5) is 4.39 Å². The van der Waals surface area contributed by atoms with E-state index in [0.29, 0.717) is 24.5 Å². The molecule has 0 spiro atoms. The van der Waals surface area contributed by atoms with Gasteiger partial charge in [0.15, 0.2) is 0 Å². The minimum absolute atomic E-state index is 0.159. The van der Waals surface area contributed by atoms with Crippen LogP contribution in [0.15, 0.2) is 30.5 Å². The van der Waals surface area contributed by atoms with Crippen molar-refractivity contribution in [3.63, 3.8) is 0 Å². The fourth-order valence-electron chi connectivity index (χ4n) is 4.64. The lowest BCUT2D eigenvalue weighted by atomic mass is 9.81. The van der Waals surface area contributed by atoms with Gasteiger partial charge in [-0.2, -0.15) is 0 Å². The number of aryl methyl sites for hydroxylation is 1. The third-order valence-electron chi connectivity index (χ3n) is 6.20. The predicted molar refractivity (Wildman–Crippen MR) is 120 cm³/mol. The van der Waals surface area contributed by atoms with Crippen LogP contribution in [0.3, 0.4) is 0 Å². The Labute approximate surface area is 175 Å². The first-order valence-corrected chi connectivity index (χ1v) is 10.8. The second-order valence-corrected chi connectivity index (χ2v) is 8.30. The van der Waals surface area contributed by atoms with Crippen molar-refractivity contribution in [2.45, 2.75) is 72.3 Å². The molecule has 1 fully saturated rings. The number of nitrogens with two attached hydrogens (primary N) is 1. The van der Waals surface area contributed by atoms with E-state index in [1.165, 1.54) is 29.5 Å². The summed E-state index contributed by atoms with van der Waals surface area (Å²) in [6, 6.07) is 5.56. The van der Waals surface area contributed by atoms with Gasteiger partial charge in [0.2, 0.25) is 0 Å². The van der Waals surface area contributed by atoms with Crippen LogP contribution in [0.25, 0.3) is 11.1 Å². The minimum atomic E-state index is -0.185. The van der Waals surface area contributed by atoms with Crippen LogP contribution in [-0.2, 0) is 11.2 Å². The Morgan fingerprint density at radius 2 is 1.90 bits per heavy atom. The molecule has 1 aliphatic rings. The zero-order valence-electron chi connectivity index (χ0n) is 18.5. The number of hydrogen-bond donors (Lipinski definition) is 1. The van der Waals surface area contributed by atoms with Crippen LogP contribution in [0.5, 0.6) is 0 Å². The van der Waals surface area contributed by atoms with Crippen molar-refractivity contribution in [2.24, 2.45) is 5.73 Å². The molecule has 2 aromatic rings. The lowest BCUT2D eigenvalue weighted by Gasteiger charge is -2.26. The van der Waals surface area contributed by atoms with Gasteiger partial charge in [-0.05, 0) is 103 Å². The molecule has 2 nitrogen and oxygen atoms in total. The molecule has 0 aromatic heterocycles. The van der Waals surface area contributed by atoms with Crippen molar-refractivity contribution < 1.29 is 9.13 Å². The average molecular weight is 396 g/mol. The van der Waals surface area contributed by atoms with Crippen LogP contribution in [0, 0.1) is 26.6 Å². The number of ether oxygens (including phenoxy) is 1. The van der Waals surface area contributed by atoms with Crippen molar-refractivity contribution >= 4 is 0 Å². The molecule has 1 atom stereocenters. The van der Waals surface area contributed by atoms with Gasteiger partial charge in [-0.15, -0.1) is 0 Å². The molecule has 0 amide bonds. The zero-order valence-corrected chi connectivity index (χ0v) is 18.5. The summed E-state index contributed by atoms with van der Waals surface area (Å²) in [6.45, 7) is 14.9. The van der Waals surface area contributed by atoms with E-state index in [2.05, 4.69) is 33.4 Å². The highest BCUT2D eigenvalue weighted by molar-refractivity contribution is 5.77. The summed E-state index contributed by atoms with van der Waals surface area (Å²) in [4.78, 5) is 0. The van der Waals surface area contributed by atoms with Crippen LogP contribution in [-0.4, -0.2) is 6.61 Å². The SMILES string of the molecule is C=C(C[C@H](N)c1c(C)c(-c2c(C)ccc(F)c2C)cc(C2CC2)c1CC)OCC.